The zero-order valence-corrected chi connectivity index (χ0v) is 6.06. The van der Waals surface area contributed by atoms with Gasteiger partial charge in [0, 0.05) is 0 Å². The van der Waals surface area contributed by atoms with E-state index in [1.165, 1.54) is 25.7 Å². The molecule has 1 fully saturated rings. The Kier molecular flexibility index (Phi) is 1.14. The Morgan fingerprint density at radius 2 is 2.44 bits per heavy atom. The molecule has 2 atom stereocenters. The molecule has 0 radical (unpaired) electrons. The maximum Gasteiger partial charge on any atom is -0.0195 e. The van der Waals surface area contributed by atoms with E-state index in [0.29, 0.717) is 0 Å². The summed E-state index contributed by atoms with van der Waals surface area (Å²) in [6.07, 6.45) is 8.24. The van der Waals surface area contributed by atoms with Crippen molar-refractivity contribution in [2.75, 3.05) is 0 Å². The van der Waals surface area contributed by atoms with Crippen LogP contribution in [0.25, 0.3) is 0 Å². The van der Waals surface area contributed by atoms with Crippen molar-refractivity contribution >= 4 is 0 Å². The van der Waals surface area contributed by atoms with Gasteiger partial charge in [0.15, 0.2) is 0 Å². The fraction of sp³-hybridized carbons (Fsp3) is 0.778. The lowest BCUT2D eigenvalue weighted by molar-refractivity contribution is 0.297. The summed E-state index contributed by atoms with van der Waals surface area (Å²) in [5.41, 5.74) is 1.78. The SMILES string of the molecule is CC1CC2CCCC=C12. The van der Waals surface area contributed by atoms with E-state index >= 15 is 0 Å². The second-order valence-corrected chi connectivity index (χ2v) is 3.47. The molecule has 0 heterocycles. The number of rotatable bonds is 0. The van der Waals surface area contributed by atoms with E-state index in [0.717, 1.165) is 11.8 Å². The van der Waals surface area contributed by atoms with Crippen LogP contribution in [0.1, 0.15) is 32.6 Å². The van der Waals surface area contributed by atoms with Crippen LogP contribution in [0.2, 0.25) is 0 Å². The van der Waals surface area contributed by atoms with E-state index in [2.05, 4.69) is 13.0 Å². The molecule has 0 heteroatoms. The predicted molar refractivity (Wildman–Crippen MR) is 39.2 cm³/mol. The summed E-state index contributed by atoms with van der Waals surface area (Å²) >= 11 is 0. The molecule has 2 rings (SSSR count). The number of allylic oxidation sites excluding steroid dienone is 2. The monoisotopic (exact) mass is 122 g/mol. The van der Waals surface area contributed by atoms with E-state index in [1.54, 1.807) is 5.57 Å². The maximum atomic E-state index is 2.47. The summed E-state index contributed by atoms with van der Waals surface area (Å²) in [5.74, 6) is 1.96. The third-order valence-corrected chi connectivity index (χ3v) is 2.82. The highest BCUT2D eigenvalue weighted by molar-refractivity contribution is 5.20. The van der Waals surface area contributed by atoms with Crippen LogP contribution >= 0.6 is 0 Å². The number of hydrogen-bond acceptors (Lipinski definition) is 0. The van der Waals surface area contributed by atoms with Crippen molar-refractivity contribution < 1.29 is 0 Å². The van der Waals surface area contributed by atoms with Crippen molar-refractivity contribution in [3.05, 3.63) is 11.6 Å². The molecule has 0 bridgehead atoms. The molecule has 1 saturated carbocycles. The van der Waals surface area contributed by atoms with Crippen molar-refractivity contribution in [2.24, 2.45) is 11.8 Å². The first-order chi connectivity index (χ1) is 4.38. The van der Waals surface area contributed by atoms with Crippen LogP contribution in [-0.2, 0) is 0 Å². The van der Waals surface area contributed by atoms with E-state index in [4.69, 9.17) is 0 Å². The van der Waals surface area contributed by atoms with Gasteiger partial charge >= 0.3 is 0 Å². The highest BCUT2D eigenvalue weighted by Gasteiger charge is 2.32. The Balaban J connectivity index is 2.13. The topological polar surface area (TPSA) is 0 Å². The summed E-state index contributed by atoms with van der Waals surface area (Å²) in [7, 11) is 0. The summed E-state index contributed by atoms with van der Waals surface area (Å²) < 4.78 is 0. The molecule has 0 saturated heterocycles. The summed E-state index contributed by atoms with van der Waals surface area (Å²) in [6.45, 7) is 2.35. The van der Waals surface area contributed by atoms with Gasteiger partial charge in [-0.25, -0.2) is 0 Å². The van der Waals surface area contributed by atoms with Crippen molar-refractivity contribution in [2.45, 2.75) is 32.6 Å². The third-order valence-electron chi connectivity index (χ3n) is 2.82. The van der Waals surface area contributed by atoms with E-state index in [1.807, 2.05) is 0 Å². The molecule has 9 heavy (non-hydrogen) atoms. The van der Waals surface area contributed by atoms with Gasteiger partial charge in [0.2, 0.25) is 0 Å². The second kappa shape index (κ2) is 1.86. The van der Waals surface area contributed by atoms with Crippen molar-refractivity contribution in [3.8, 4) is 0 Å². The zero-order chi connectivity index (χ0) is 6.27. The van der Waals surface area contributed by atoms with Crippen LogP contribution in [0.5, 0.6) is 0 Å². The molecule has 0 aromatic heterocycles. The van der Waals surface area contributed by atoms with Gasteiger partial charge in [0.25, 0.3) is 0 Å². The molecule has 0 aromatic carbocycles. The van der Waals surface area contributed by atoms with Crippen molar-refractivity contribution in [3.63, 3.8) is 0 Å². The van der Waals surface area contributed by atoms with Gasteiger partial charge in [-0.1, -0.05) is 18.6 Å². The van der Waals surface area contributed by atoms with Gasteiger partial charge in [0.1, 0.15) is 0 Å². The number of hydrogen-bond donors (Lipinski definition) is 0. The molecule has 0 aromatic rings. The van der Waals surface area contributed by atoms with Crippen LogP contribution in [0.3, 0.4) is 0 Å². The largest absolute Gasteiger partial charge is 0.0848 e. The third kappa shape index (κ3) is 0.726. The van der Waals surface area contributed by atoms with Gasteiger partial charge in [-0.15, -0.1) is 0 Å². The average molecular weight is 122 g/mol. The summed E-state index contributed by atoms with van der Waals surface area (Å²) in [6, 6.07) is 0. The summed E-state index contributed by atoms with van der Waals surface area (Å²) in [4.78, 5) is 0. The predicted octanol–water partition coefficient (Wildman–Crippen LogP) is 2.75. The first kappa shape index (κ1) is 5.52. The second-order valence-electron chi connectivity index (χ2n) is 3.47. The van der Waals surface area contributed by atoms with Crippen LogP contribution in [0, 0.1) is 11.8 Å². The maximum absolute atomic E-state index is 2.47. The molecular formula is C9H14. The fourth-order valence-electron chi connectivity index (χ4n) is 2.23. The van der Waals surface area contributed by atoms with Crippen LogP contribution in [0.15, 0.2) is 11.6 Å². The molecule has 2 unspecified atom stereocenters. The van der Waals surface area contributed by atoms with Crippen LogP contribution in [-0.4, -0.2) is 0 Å². The molecule has 2 aliphatic rings. The van der Waals surface area contributed by atoms with Crippen LogP contribution in [0.4, 0.5) is 0 Å². The van der Waals surface area contributed by atoms with E-state index in [9.17, 15) is 0 Å². The fourth-order valence-corrected chi connectivity index (χ4v) is 2.23. The average Bonchev–Trinajstić information content (AvgIpc) is 1.86. The molecule has 2 aliphatic carbocycles. The lowest BCUT2D eigenvalue weighted by Gasteiger charge is -2.39. The Morgan fingerprint density at radius 3 is 3.00 bits per heavy atom. The van der Waals surface area contributed by atoms with Crippen molar-refractivity contribution in [1.29, 1.82) is 0 Å². The van der Waals surface area contributed by atoms with Gasteiger partial charge in [-0.3, -0.25) is 0 Å². The van der Waals surface area contributed by atoms with Gasteiger partial charge in [0.05, 0.1) is 0 Å². The van der Waals surface area contributed by atoms with Crippen LogP contribution < -0.4 is 0 Å². The van der Waals surface area contributed by atoms with E-state index < -0.39 is 0 Å². The Bertz CT molecular complexity index is 144. The highest BCUT2D eigenvalue weighted by Crippen LogP contribution is 2.45. The van der Waals surface area contributed by atoms with Crippen molar-refractivity contribution in [1.82, 2.24) is 0 Å². The first-order valence-electron chi connectivity index (χ1n) is 4.08. The Morgan fingerprint density at radius 1 is 1.56 bits per heavy atom. The normalized spacial score (nSPS) is 40.8. The van der Waals surface area contributed by atoms with Gasteiger partial charge in [-0.05, 0) is 37.5 Å². The molecule has 0 aliphatic heterocycles. The van der Waals surface area contributed by atoms with E-state index in [-0.39, 0.29) is 0 Å². The lowest BCUT2D eigenvalue weighted by atomic mass is 9.66. The molecule has 0 spiro atoms. The smallest absolute Gasteiger partial charge is 0.0195 e. The Labute approximate surface area is 57.0 Å². The van der Waals surface area contributed by atoms with Gasteiger partial charge < -0.3 is 0 Å². The standard InChI is InChI=1S/C9H14/c1-7-6-8-4-2-3-5-9(7)8/h5,7-8H,2-4,6H2,1H3. The lowest BCUT2D eigenvalue weighted by Crippen LogP contribution is -2.27. The molecule has 0 nitrogen and oxygen atoms in total. The molecular weight excluding hydrogens is 108 g/mol. The summed E-state index contributed by atoms with van der Waals surface area (Å²) in [5, 5.41) is 0. The Hall–Kier alpha value is -0.260. The van der Waals surface area contributed by atoms with Gasteiger partial charge in [-0.2, -0.15) is 0 Å². The molecule has 0 N–H and O–H groups in total. The molecule has 0 amide bonds. The minimum absolute atomic E-state index is 0.940. The zero-order valence-electron chi connectivity index (χ0n) is 6.06. The minimum Gasteiger partial charge on any atom is -0.0848 e. The first-order valence-corrected chi connectivity index (χ1v) is 4.08. The molecule has 50 valence electrons. The highest BCUT2D eigenvalue weighted by atomic mass is 14.4. The quantitative estimate of drug-likeness (QED) is 0.433. The minimum atomic E-state index is 0.940. The number of fused-ring (bicyclic) bond motifs is 1.